The van der Waals surface area contributed by atoms with Crippen LogP contribution in [0.5, 0.6) is 5.75 Å². The van der Waals surface area contributed by atoms with E-state index in [1.165, 1.54) is 4.90 Å². The molecule has 1 aromatic carbocycles. The first-order chi connectivity index (χ1) is 11.9. The Kier molecular flexibility index (Phi) is 7.04. The number of thiocarbonyl (C=S) groups is 1. The van der Waals surface area contributed by atoms with Crippen LogP contribution in [0, 0.1) is 0 Å². The van der Waals surface area contributed by atoms with Crippen molar-refractivity contribution >= 4 is 62.2 Å². The van der Waals surface area contributed by atoms with Gasteiger partial charge in [0.05, 0.1) is 18.1 Å². The summed E-state index contributed by atoms with van der Waals surface area (Å²) >= 11 is 9.86. The van der Waals surface area contributed by atoms with Gasteiger partial charge in [-0.15, -0.1) is 0 Å². The van der Waals surface area contributed by atoms with Crippen molar-refractivity contribution in [1.29, 1.82) is 0 Å². The molecule has 0 N–H and O–H groups in total. The summed E-state index contributed by atoms with van der Waals surface area (Å²) in [6, 6.07) is 4.82. The molecule has 1 amide bonds. The normalized spacial score (nSPS) is 17.1. The van der Waals surface area contributed by atoms with Gasteiger partial charge in [-0.3, -0.25) is 9.69 Å². The summed E-state index contributed by atoms with van der Waals surface area (Å²) in [5.41, 5.74) is 0.764. The average Bonchev–Trinajstić information content (AvgIpc) is 2.83. The van der Waals surface area contributed by atoms with E-state index < -0.39 is 12.0 Å². The Morgan fingerprint density at radius 1 is 1.40 bits per heavy atom. The van der Waals surface area contributed by atoms with Crippen molar-refractivity contribution in [3.05, 3.63) is 33.1 Å². The van der Waals surface area contributed by atoms with Crippen LogP contribution in [0.25, 0.3) is 6.08 Å². The fourth-order valence-corrected chi connectivity index (χ4v) is 4.03. The highest BCUT2D eigenvalue weighted by Crippen LogP contribution is 2.36. The molecular formula is C17H18BrNO4S2. The van der Waals surface area contributed by atoms with Gasteiger partial charge in [0.15, 0.2) is 0 Å². The zero-order chi connectivity index (χ0) is 18.6. The lowest BCUT2D eigenvalue weighted by molar-refractivity contribution is -0.149. The van der Waals surface area contributed by atoms with Crippen molar-refractivity contribution in [2.75, 3.05) is 13.2 Å². The number of amides is 1. The highest BCUT2D eigenvalue weighted by Gasteiger charge is 2.38. The number of benzene rings is 1. The molecule has 1 aliphatic rings. The minimum absolute atomic E-state index is 0.254. The van der Waals surface area contributed by atoms with E-state index in [9.17, 15) is 9.59 Å². The van der Waals surface area contributed by atoms with Crippen LogP contribution < -0.4 is 4.74 Å². The molecular weight excluding hydrogens is 426 g/mol. The second kappa shape index (κ2) is 8.82. The SMILES string of the molecule is CCOC(=O)C(C)N1C(=O)/C(=C/c2cc(Br)ccc2OCC)SC1=S. The van der Waals surface area contributed by atoms with Crippen LogP contribution in [0.15, 0.2) is 27.6 Å². The maximum Gasteiger partial charge on any atom is 0.329 e. The molecule has 25 heavy (non-hydrogen) atoms. The summed E-state index contributed by atoms with van der Waals surface area (Å²) < 4.78 is 11.8. The number of thioether (sulfide) groups is 1. The Labute approximate surface area is 164 Å². The van der Waals surface area contributed by atoms with Crippen LogP contribution in [0.2, 0.25) is 0 Å². The van der Waals surface area contributed by atoms with Crippen LogP contribution in [-0.4, -0.2) is 40.4 Å². The lowest BCUT2D eigenvalue weighted by Crippen LogP contribution is -2.42. The topological polar surface area (TPSA) is 55.8 Å². The molecule has 2 rings (SSSR count). The summed E-state index contributed by atoms with van der Waals surface area (Å²) in [6.45, 7) is 5.99. The second-order valence-corrected chi connectivity index (χ2v) is 7.69. The second-order valence-electron chi connectivity index (χ2n) is 5.09. The van der Waals surface area contributed by atoms with Gasteiger partial charge in [0.1, 0.15) is 16.1 Å². The van der Waals surface area contributed by atoms with Gasteiger partial charge in [0, 0.05) is 10.0 Å². The van der Waals surface area contributed by atoms with Gasteiger partial charge in [0.25, 0.3) is 5.91 Å². The molecule has 0 aliphatic carbocycles. The number of carbonyl (C=O) groups excluding carboxylic acids is 2. The molecule has 5 nitrogen and oxygen atoms in total. The maximum absolute atomic E-state index is 12.7. The Morgan fingerprint density at radius 2 is 2.12 bits per heavy atom. The van der Waals surface area contributed by atoms with Gasteiger partial charge < -0.3 is 9.47 Å². The van der Waals surface area contributed by atoms with E-state index in [0.717, 1.165) is 21.8 Å². The lowest BCUT2D eigenvalue weighted by atomic mass is 10.1. The van der Waals surface area contributed by atoms with Crippen molar-refractivity contribution in [2.24, 2.45) is 0 Å². The highest BCUT2D eigenvalue weighted by molar-refractivity contribution is 9.10. The van der Waals surface area contributed by atoms with Crippen molar-refractivity contribution in [1.82, 2.24) is 4.90 Å². The third-order valence-corrected chi connectivity index (χ3v) is 5.22. The number of ether oxygens (including phenoxy) is 2. The molecule has 8 heteroatoms. The molecule has 0 saturated carbocycles. The van der Waals surface area contributed by atoms with Gasteiger partial charge in [-0.05, 0) is 45.0 Å². The Balaban J connectivity index is 2.32. The molecule has 1 fully saturated rings. The van der Waals surface area contributed by atoms with Crippen molar-refractivity contribution in [2.45, 2.75) is 26.8 Å². The third-order valence-electron chi connectivity index (χ3n) is 3.40. The van der Waals surface area contributed by atoms with E-state index in [0.29, 0.717) is 21.6 Å². The van der Waals surface area contributed by atoms with Gasteiger partial charge in [-0.25, -0.2) is 4.79 Å². The summed E-state index contributed by atoms with van der Waals surface area (Å²) in [5.74, 6) is -0.107. The number of halogens is 1. The fraction of sp³-hybridized carbons (Fsp3) is 0.353. The first-order valence-corrected chi connectivity index (χ1v) is 9.76. The van der Waals surface area contributed by atoms with Crippen molar-refractivity contribution in [3.63, 3.8) is 0 Å². The number of hydrogen-bond donors (Lipinski definition) is 0. The van der Waals surface area contributed by atoms with Gasteiger partial charge in [-0.1, -0.05) is 39.9 Å². The minimum Gasteiger partial charge on any atom is -0.493 e. The fourth-order valence-electron chi connectivity index (χ4n) is 2.24. The minimum atomic E-state index is -0.757. The summed E-state index contributed by atoms with van der Waals surface area (Å²) in [4.78, 5) is 26.4. The number of nitrogens with zero attached hydrogens (tertiary/aromatic N) is 1. The Hall–Kier alpha value is -1.38. The summed E-state index contributed by atoms with van der Waals surface area (Å²) in [7, 11) is 0. The monoisotopic (exact) mass is 443 g/mol. The molecule has 1 saturated heterocycles. The maximum atomic E-state index is 12.7. The summed E-state index contributed by atoms with van der Waals surface area (Å²) in [6.07, 6.45) is 1.73. The van der Waals surface area contributed by atoms with Crippen molar-refractivity contribution < 1.29 is 19.1 Å². The molecule has 134 valence electrons. The average molecular weight is 444 g/mol. The predicted molar refractivity (Wildman–Crippen MR) is 106 cm³/mol. The first-order valence-electron chi connectivity index (χ1n) is 7.75. The number of rotatable bonds is 6. The molecule has 1 heterocycles. The zero-order valence-electron chi connectivity index (χ0n) is 14.1. The van der Waals surface area contributed by atoms with E-state index in [-0.39, 0.29) is 12.5 Å². The van der Waals surface area contributed by atoms with E-state index in [2.05, 4.69) is 15.9 Å². The summed E-state index contributed by atoms with van der Waals surface area (Å²) in [5, 5.41) is 0. The Morgan fingerprint density at radius 3 is 2.76 bits per heavy atom. The number of esters is 1. The van der Waals surface area contributed by atoms with Gasteiger partial charge in [-0.2, -0.15) is 0 Å². The smallest absolute Gasteiger partial charge is 0.329 e. The van der Waals surface area contributed by atoms with Gasteiger partial charge in [0.2, 0.25) is 0 Å². The quantitative estimate of drug-likeness (QED) is 0.376. The molecule has 1 atom stereocenters. The van der Waals surface area contributed by atoms with E-state index in [4.69, 9.17) is 21.7 Å². The zero-order valence-corrected chi connectivity index (χ0v) is 17.3. The molecule has 1 unspecified atom stereocenters. The van der Waals surface area contributed by atoms with Gasteiger partial charge >= 0.3 is 5.97 Å². The molecule has 0 radical (unpaired) electrons. The molecule has 0 aromatic heterocycles. The standard InChI is InChI=1S/C17H18BrNO4S2/c1-4-22-13-7-6-12(18)8-11(13)9-14-15(20)19(17(24)25-14)10(3)16(21)23-5-2/h6-10H,4-5H2,1-3H3/b14-9-. The number of hydrogen-bond acceptors (Lipinski definition) is 6. The lowest BCUT2D eigenvalue weighted by Gasteiger charge is -2.21. The van der Waals surface area contributed by atoms with E-state index in [1.54, 1.807) is 19.9 Å². The van der Waals surface area contributed by atoms with E-state index >= 15 is 0 Å². The van der Waals surface area contributed by atoms with Crippen LogP contribution >= 0.6 is 39.9 Å². The molecule has 1 aliphatic heterocycles. The predicted octanol–water partition coefficient (Wildman–Crippen LogP) is 4.00. The van der Waals surface area contributed by atoms with E-state index in [1.807, 2.05) is 25.1 Å². The number of carbonyl (C=O) groups is 2. The molecule has 0 spiro atoms. The third kappa shape index (κ3) is 4.62. The highest BCUT2D eigenvalue weighted by atomic mass is 79.9. The van der Waals surface area contributed by atoms with Crippen LogP contribution in [0.3, 0.4) is 0 Å². The molecule has 0 bridgehead atoms. The molecule has 1 aromatic rings. The van der Waals surface area contributed by atoms with Crippen LogP contribution in [-0.2, 0) is 14.3 Å². The van der Waals surface area contributed by atoms with Crippen molar-refractivity contribution in [3.8, 4) is 5.75 Å². The largest absolute Gasteiger partial charge is 0.493 e. The van der Waals surface area contributed by atoms with Crippen LogP contribution in [0.4, 0.5) is 0 Å². The first kappa shape index (κ1) is 19.9. The van der Waals surface area contributed by atoms with Crippen LogP contribution in [0.1, 0.15) is 26.3 Å². The Bertz CT molecular complexity index is 735.